The number of nitrogens with zero attached hydrogens (tertiary/aromatic N) is 1. The topological polar surface area (TPSA) is 44.4 Å². The highest BCUT2D eigenvalue weighted by atomic mass is 16.2. The van der Waals surface area contributed by atoms with Crippen LogP contribution in [-0.2, 0) is 4.79 Å². The molecule has 4 nitrogen and oxygen atoms in total. The fraction of sp³-hybridized carbons (Fsp3) is 0.929. The van der Waals surface area contributed by atoms with Crippen molar-refractivity contribution in [1.82, 2.24) is 15.8 Å². The minimum atomic E-state index is -0.323. The van der Waals surface area contributed by atoms with Crippen molar-refractivity contribution < 1.29 is 4.79 Å². The molecule has 2 rings (SSSR count). The van der Waals surface area contributed by atoms with Crippen LogP contribution in [0.5, 0.6) is 0 Å². The highest BCUT2D eigenvalue weighted by Gasteiger charge is 2.40. The van der Waals surface area contributed by atoms with Crippen LogP contribution in [0.3, 0.4) is 0 Å². The van der Waals surface area contributed by atoms with Crippen LogP contribution in [0.2, 0.25) is 0 Å². The Bertz CT molecular complexity index is 289. The van der Waals surface area contributed by atoms with E-state index in [1.807, 2.05) is 0 Å². The smallest absolute Gasteiger partial charge is 0.254 e. The van der Waals surface area contributed by atoms with Gasteiger partial charge in [-0.25, -0.2) is 5.01 Å². The van der Waals surface area contributed by atoms with Gasteiger partial charge in [0.25, 0.3) is 5.91 Å². The first-order chi connectivity index (χ1) is 8.59. The number of amides is 1. The molecule has 2 fully saturated rings. The third-order valence-electron chi connectivity index (χ3n) is 4.71. The molecule has 0 aromatic carbocycles. The van der Waals surface area contributed by atoms with Crippen LogP contribution in [0.1, 0.15) is 59.3 Å². The van der Waals surface area contributed by atoms with Crippen LogP contribution in [-0.4, -0.2) is 35.1 Å². The van der Waals surface area contributed by atoms with E-state index in [1.165, 1.54) is 19.3 Å². The van der Waals surface area contributed by atoms with E-state index in [0.29, 0.717) is 12.1 Å². The molecule has 0 spiro atoms. The van der Waals surface area contributed by atoms with E-state index in [4.69, 9.17) is 0 Å². The number of carbonyl (C=O) groups excluding carboxylic acids is 1. The second-order valence-electron chi connectivity index (χ2n) is 5.94. The summed E-state index contributed by atoms with van der Waals surface area (Å²) < 4.78 is 0. The predicted molar refractivity (Wildman–Crippen MR) is 73.0 cm³/mol. The molecule has 4 heteroatoms. The molecule has 1 amide bonds. The van der Waals surface area contributed by atoms with Crippen LogP contribution < -0.4 is 10.7 Å². The van der Waals surface area contributed by atoms with Crippen molar-refractivity contribution in [2.24, 2.45) is 0 Å². The summed E-state index contributed by atoms with van der Waals surface area (Å²) in [5.41, 5.74) is 2.86. The van der Waals surface area contributed by atoms with Gasteiger partial charge >= 0.3 is 0 Å². The SMILES string of the molecule is CCC1(C(=O)NN2C(C)CCCC2C)CCCN1. The van der Waals surface area contributed by atoms with E-state index >= 15 is 0 Å². The van der Waals surface area contributed by atoms with Gasteiger partial charge in [0, 0.05) is 12.1 Å². The highest BCUT2D eigenvalue weighted by molar-refractivity contribution is 5.86. The van der Waals surface area contributed by atoms with E-state index in [2.05, 4.69) is 36.5 Å². The molecule has 0 radical (unpaired) electrons. The van der Waals surface area contributed by atoms with Crippen LogP contribution >= 0.6 is 0 Å². The Morgan fingerprint density at radius 3 is 2.50 bits per heavy atom. The van der Waals surface area contributed by atoms with Crippen molar-refractivity contribution in [1.29, 1.82) is 0 Å². The Labute approximate surface area is 110 Å². The normalized spacial score (nSPS) is 37.7. The molecule has 18 heavy (non-hydrogen) atoms. The lowest BCUT2D eigenvalue weighted by molar-refractivity contribution is -0.135. The maximum absolute atomic E-state index is 12.5. The molecule has 0 aliphatic carbocycles. The van der Waals surface area contributed by atoms with Gasteiger partial charge in [0.15, 0.2) is 0 Å². The largest absolute Gasteiger partial charge is 0.303 e. The number of piperidine rings is 1. The van der Waals surface area contributed by atoms with Gasteiger partial charge in [-0.15, -0.1) is 0 Å². The standard InChI is InChI=1S/C14H27N3O/c1-4-14(9-6-10-15-14)13(18)16-17-11(2)7-5-8-12(17)3/h11-12,15H,4-10H2,1-3H3,(H,16,18). The number of rotatable bonds is 3. The minimum Gasteiger partial charge on any atom is -0.303 e. The molecular formula is C14H27N3O. The van der Waals surface area contributed by atoms with Gasteiger partial charge in [0.2, 0.25) is 0 Å². The van der Waals surface area contributed by atoms with Crippen molar-refractivity contribution in [2.75, 3.05) is 6.54 Å². The van der Waals surface area contributed by atoms with Crippen molar-refractivity contribution in [2.45, 2.75) is 76.9 Å². The highest BCUT2D eigenvalue weighted by Crippen LogP contribution is 2.25. The zero-order valence-electron chi connectivity index (χ0n) is 12.0. The Kier molecular flexibility index (Phi) is 4.28. The summed E-state index contributed by atoms with van der Waals surface area (Å²) in [6.07, 6.45) is 6.56. The third-order valence-corrected chi connectivity index (χ3v) is 4.71. The Hall–Kier alpha value is -0.610. The second-order valence-corrected chi connectivity index (χ2v) is 5.94. The van der Waals surface area contributed by atoms with Crippen LogP contribution in [0, 0.1) is 0 Å². The molecule has 2 N–H and O–H groups in total. The molecule has 0 saturated carbocycles. The lowest BCUT2D eigenvalue weighted by atomic mass is 9.93. The number of carbonyl (C=O) groups is 1. The molecule has 2 aliphatic rings. The van der Waals surface area contributed by atoms with Crippen molar-refractivity contribution >= 4 is 5.91 Å². The summed E-state index contributed by atoms with van der Waals surface area (Å²) in [6.45, 7) is 7.47. The molecule has 3 unspecified atom stereocenters. The van der Waals surface area contributed by atoms with Crippen LogP contribution in [0.15, 0.2) is 0 Å². The Morgan fingerprint density at radius 2 is 2.00 bits per heavy atom. The summed E-state index contributed by atoms with van der Waals surface area (Å²) in [5, 5.41) is 5.57. The molecule has 104 valence electrons. The molecule has 2 saturated heterocycles. The molecular weight excluding hydrogens is 226 g/mol. The first-order valence-corrected chi connectivity index (χ1v) is 7.43. The number of hydrogen-bond acceptors (Lipinski definition) is 3. The Balaban J connectivity index is 2.01. The number of nitrogens with one attached hydrogen (secondary N) is 2. The lowest BCUT2D eigenvalue weighted by Crippen LogP contribution is -2.61. The first kappa shape index (κ1) is 13.8. The summed E-state index contributed by atoms with van der Waals surface area (Å²) in [7, 11) is 0. The van der Waals surface area contributed by atoms with E-state index in [9.17, 15) is 4.79 Å². The fourth-order valence-electron chi connectivity index (χ4n) is 3.33. The van der Waals surface area contributed by atoms with Gasteiger partial charge in [0.05, 0.1) is 5.54 Å². The van der Waals surface area contributed by atoms with Crippen molar-refractivity contribution in [3.05, 3.63) is 0 Å². The summed E-state index contributed by atoms with van der Waals surface area (Å²) >= 11 is 0. The van der Waals surface area contributed by atoms with Crippen LogP contribution in [0.25, 0.3) is 0 Å². The zero-order chi connectivity index (χ0) is 13.2. The molecule has 0 aromatic heterocycles. The molecule has 2 heterocycles. The van der Waals surface area contributed by atoms with E-state index in [0.717, 1.165) is 25.8 Å². The predicted octanol–water partition coefficient (Wildman–Crippen LogP) is 1.81. The van der Waals surface area contributed by atoms with Crippen molar-refractivity contribution in [3.8, 4) is 0 Å². The number of hydrogen-bond donors (Lipinski definition) is 2. The quantitative estimate of drug-likeness (QED) is 0.806. The zero-order valence-corrected chi connectivity index (χ0v) is 12.0. The Morgan fingerprint density at radius 1 is 1.33 bits per heavy atom. The first-order valence-electron chi connectivity index (χ1n) is 7.43. The molecule has 0 aromatic rings. The molecule has 3 atom stereocenters. The van der Waals surface area contributed by atoms with Gasteiger partial charge in [-0.2, -0.15) is 0 Å². The van der Waals surface area contributed by atoms with E-state index < -0.39 is 0 Å². The van der Waals surface area contributed by atoms with Crippen molar-refractivity contribution in [3.63, 3.8) is 0 Å². The van der Waals surface area contributed by atoms with Gasteiger partial charge < -0.3 is 5.32 Å². The number of hydrazine groups is 1. The fourth-order valence-corrected chi connectivity index (χ4v) is 3.33. The lowest BCUT2D eigenvalue weighted by Gasteiger charge is -2.41. The average Bonchev–Trinajstić information content (AvgIpc) is 2.84. The van der Waals surface area contributed by atoms with Gasteiger partial charge in [-0.3, -0.25) is 10.2 Å². The summed E-state index contributed by atoms with van der Waals surface area (Å²) in [6, 6.07) is 0.904. The molecule has 0 bridgehead atoms. The van der Waals surface area contributed by atoms with E-state index in [-0.39, 0.29) is 11.4 Å². The average molecular weight is 253 g/mol. The van der Waals surface area contributed by atoms with E-state index in [1.54, 1.807) is 0 Å². The maximum Gasteiger partial charge on any atom is 0.254 e. The van der Waals surface area contributed by atoms with Gasteiger partial charge in [-0.1, -0.05) is 13.3 Å². The minimum absolute atomic E-state index is 0.170. The van der Waals surface area contributed by atoms with Crippen LogP contribution in [0.4, 0.5) is 0 Å². The monoisotopic (exact) mass is 253 g/mol. The van der Waals surface area contributed by atoms with Gasteiger partial charge in [-0.05, 0) is 52.5 Å². The van der Waals surface area contributed by atoms with Gasteiger partial charge in [0.1, 0.15) is 0 Å². The second kappa shape index (κ2) is 5.57. The third kappa shape index (κ3) is 2.54. The summed E-state index contributed by atoms with van der Waals surface area (Å²) in [5.74, 6) is 0.170. The summed E-state index contributed by atoms with van der Waals surface area (Å²) in [4.78, 5) is 12.5. The maximum atomic E-state index is 12.5. The molecule has 2 aliphatic heterocycles.